The summed E-state index contributed by atoms with van der Waals surface area (Å²) in [6.07, 6.45) is 0. The van der Waals surface area contributed by atoms with E-state index in [1.807, 2.05) is 0 Å². The van der Waals surface area contributed by atoms with E-state index in [-0.39, 0.29) is 16.2 Å². The first-order valence-electron chi connectivity index (χ1n) is 10.6. The molecule has 0 aliphatic carbocycles. The molecule has 3 N–H and O–H groups in total. The van der Waals surface area contributed by atoms with E-state index in [1.165, 1.54) is 0 Å². The van der Waals surface area contributed by atoms with E-state index in [1.54, 1.807) is 0 Å². The first-order valence-corrected chi connectivity index (χ1v) is 14.9. The van der Waals surface area contributed by atoms with Gasteiger partial charge in [-0.25, -0.2) is 8.78 Å². The first-order chi connectivity index (χ1) is 18.3. The van der Waals surface area contributed by atoms with Gasteiger partial charge in [-0.05, 0) is 19.1 Å². The third-order valence-corrected chi connectivity index (χ3v) is 8.92. The molecule has 5 aromatic rings. The minimum Gasteiger partial charge on any atom is -0.450 e. The Hall–Kier alpha value is -3.61. The van der Waals surface area contributed by atoms with Crippen LogP contribution in [0.3, 0.4) is 0 Å². The molecule has 0 spiro atoms. The smallest absolute Gasteiger partial charge is 0.295 e. The van der Waals surface area contributed by atoms with Crippen LogP contribution in [0, 0.1) is 30.2 Å². The molecule has 0 aromatic heterocycles. The van der Waals surface area contributed by atoms with Crippen LogP contribution in [0.15, 0.2) is 51.1 Å². The molecule has 5 aromatic carbocycles. The van der Waals surface area contributed by atoms with Crippen LogP contribution in [-0.2, 0) is 30.4 Å². The number of hydrogen-bond acceptors (Lipinski definition) is 7. The van der Waals surface area contributed by atoms with Gasteiger partial charge in [0.05, 0.1) is 0 Å². The van der Waals surface area contributed by atoms with E-state index in [0.29, 0.717) is 12.1 Å². The van der Waals surface area contributed by atoms with Gasteiger partial charge in [0.15, 0.2) is 11.6 Å². The predicted molar refractivity (Wildman–Crippen MR) is 131 cm³/mol. The van der Waals surface area contributed by atoms with Crippen LogP contribution >= 0.6 is 0 Å². The second-order valence-corrected chi connectivity index (χ2v) is 12.7. The van der Waals surface area contributed by atoms with Gasteiger partial charge in [-0.15, -0.1) is 0 Å². The quantitative estimate of drug-likeness (QED) is 0.105. The zero-order chi connectivity index (χ0) is 29.7. The van der Waals surface area contributed by atoms with Crippen molar-refractivity contribution in [3.05, 3.63) is 65.2 Å². The highest BCUT2D eigenvalue weighted by Gasteiger charge is 2.30. The maximum absolute atomic E-state index is 14.6. The van der Waals surface area contributed by atoms with Crippen LogP contribution in [0.5, 0.6) is 11.5 Å². The van der Waals surface area contributed by atoms with Crippen LogP contribution < -0.4 is 4.74 Å². The topological polar surface area (TPSA) is 172 Å². The van der Waals surface area contributed by atoms with E-state index in [2.05, 4.69) is 0 Å². The fourth-order valence-corrected chi connectivity index (χ4v) is 6.72. The molecule has 0 radical (unpaired) electrons. The van der Waals surface area contributed by atoms with Crippen molar-refractivity contribution in [3.63, 3.8) is 0 Å². The summed E-state index contributed by atoms with van der Waals surface area (Å²) in [5, 5.41) is -2.29. The van der Waals surface area contributed by atoms with Crippen molar-refractivity contribution in [3.8, 4) is 11.5 Å². The zero-order valence-corrected chi connectivity index (χ0v) is 21.8. The number of halogens is 4. The molecule has 0 heterocycles. The summed E-state index contributed by atoms with van der Waals surface area (Å²) in [6, 6.07) is 4.98. The predicted octanol–water partition coefficient (Wildman–Crippen LogP) is 4.98. The third kappa shape index (κ3) is 4.13. The van der Waals surface area contributed by atoms with Gasteiger partial charge in [0.1, 0.15) is 20.4 Å². The Bertz CT molecular complexity index is 2190. The zero-order valence-electron chi connectivity index (χ0n) is 19.4. The maximum atomic E-state index is 14.6. The van der Waals surface area contributed by atoms with Crippen molar-refractivity contribution in [2.24, 2.45) is 0 Å². The molecular formula is C23H12F4O10S3. The molecule has 0 unspecified atom stereocenters. The van der Waals surface area contributed by atoms with Gasteiger partial charge in [-0.2, -0.15) is 34.0 Å². The van der Waals surface area contributed by atoms with E-state index in [9.17, 15) is 56.5 Å². The van der Waals surface area contributed by atoms with E-state index in [0.717, 1.165) is 31.2 Å². The average Bonchev–Trinajstić information content (AvgIpc) is 2.85. The summed E-state index contributed by atoms with van der Waals surface area (Å²) < 4.78 is 165. The van der Waals surface area contributed by atoms with Gasteiger partial charge in [0, 0.05) is 43.9 Å². The maximum Gasteiger partial charge on any atom is 0.295 e. The molecule has 210 valence electrons. The molecule has 0 atom stereocenters. The molecule has 0 saturated heterocycles. The molecule has 5 rings (SSSR count). The fraction of sp³-hybridized carbons (Fsp3) is 0.0435. The van der Waals surface area contributed by atoms with Crippen molar-refractivity contribution in [2.75, 3.05) is 0 Å². The number of benzene rings is 5. The molecule has 0 aliphatic heterocycles. The Kier molecular flexibility index (Phi) is 6.07. The minimum atomic E-state index is -5.21. The van der Waals surface area contributed by atoms with Gasteiger partial charge < -0.3 is 4.74 Å². The number of ether oxygens (including phenoxy) is 1. The summed E-state index contributed by atoms with van der Waals surface area (Å²) >= 11 is 0. The van der Waals surface area contributed by atoms with Crippen LogP contribution in [0.25, 0.3) is 32.3 Å². The van der Waals surface area contributed by atoms with Crippen molar-refractivity contribution in [1.29, 1.82) is 0 Å². The highest BCUT2D eigenvalue weighted by atomic mass is 32.2. The van der Waals surface area contributed by atoms with Crippen molar-refractivity contribution in [2.45, 2.75) is 21.6 Å². The van der Waals surface area contributed by atoms with Gasteiger partial charge in [0.2, 0.25) is 17.4 Å². The molecule has 0 aliphatic rings. The fourth-order valence-electron chi connectivity index (χ4n) is 4.51. The van der Waals surface area contributed by atoms with Crippen LogP contribution in [0.2, 0.25) is 0 Å². The lowest BCUT2D eigenvalue weighted by atomic mass is 9.93. The average molecular weight is 621 g/mol. The van der Waals surface area contributed by atoms with Crippen molar-refractivity contribution >= 4 is 62.7 Å². The Labute approximate surface area is 222 Å². The van der Waals surface area contributed by atoms with Gasteiger partial charge in [-0.3, -0.25) is 13.7 Å². The SMILES string of the molecule is Cc1c(F)c(F)c(Oc2cc(S(=O)(=O)O)c3ccc4c(S(=O)(=O)O)cc(S(=O)(=O)O)c5ccc2c3c54)c(F)c1F. The molecule has 0 fully saturated rings. The molecule has 0 saturated carbocycles. The summed E-state index contributed by atoms with van der Waals surface area (Å²) in [4.78, 5) is -3.05. The third-order valence-electron chi connectivity index (χ3n) is 6.24. The van der Waals surface area contributed by atoms with Crippen LogP contribution in [-0.4, -0.2) is 38.9 Å². The normalized spacial score (nSPS) is 13.1. The molecule has 0 amide bonds. The monoisotopic (exact) mass is 620 g/mol. The van der Waals surface area contributed by atoms with Gasteiger partial charge >= 0.3 is 0 Å². The lowest BCUT2D eigenvalue weighted by Gasteiger charge is -2.19. The van der Waals surface area contributed by atoms with Crippen molar-refractivity contribution in [1.82, 2.24) is 0 Å². The molecule has 17 heteroatoms. The largest absolute Gasteiger partial charge is 0.450 e. The van der Waals surface area contributed by atoms with E-state index in [4.69, 9.17) is 4.74 Å². The Morgan fingerprint density at radius 2 is 0.925 bits per heavy atom. The van der Waals surface area contributed by atoms with Gasteiger partial charge in [0.25, 0.3) is 30.4 Å². The van der Waals surface area contributed by atoms with Crippen LogP contribution in [0.4, 0.5) is 17.6 Å². The minimum absolute atomic E-state index is 0.311. The highest BCUT2D eigenvalue weighted by Crippen LogP contribution is 2.46. The number of rotatable bonds is 5. The summed E-state index contributed by atoms with van der Waals surface area (Å²) in [6.45, 7) is 0.743. The van der Waals surface area contributed by atoms with E-state index >= 15 is 0 Å². The number of hydrogen-bond donors (Lipinski definition) is 3. The second-order valence-electron chi connectivity index (χ2n) is 8.55. The molecule has 40 heavy (non-hydrogen) atoms. The molecule has 0 bridgehead atoms. The second kappa shape index (κ2) is 8.69. The lowest BCUT2D eigenvalue weighted by Crippen LogP contribution is -2.07. The summed E-state index contributed by atoms with van der Waals surface area (Å²) in [7, 11) is -15.6. The Morgan fingerprint density at radius 3 is 1.32 bits per heavy atom. The Morgan fingerprint density at radius 1 is 0.575 bits per heavy atom. The summed E-state index contributed by atoms with van der Waals surface area (Å²) in [5.41, 5.74) is -1.02. The van der Waals surface area contributed by atoms with Crippen molar-refractivity contribution < 1.29 is 61.2 Å². The molecule has 10 nitrogen and oxygen atoms in total. The standard InChI is InChI=1S/C23H12F4O10S3/c1-8-19(24)21(26)23(22(27)20(8)25)37-13-6-14(38(28,29)30)10-4-5-12-16(40(34,35)36)7-15(39(31,32)33)11-3-2-9(13)17(10)18(11)12/h2-7H,1H3,(H,28,29,30)(H,31,32,33)(H,34,35,36). The molecular weight excluding hydrogens is 608 g/mol. The Balaban J connectivity index is 2.04. The summed E-state index contributed by atoms with van der Waals surface area (Å²) in [5.74, 6) is -10.1. The van der Waals surface area contributed by atoms with E-state index < -0.39 is 102 Å². The lowest BCUT2D eigenvalue weighted by molar-refractivity contribution is 0.364. The first kappa shape index (κ1) is 27.9. The highest BCUT2D eigenvalue weighted by molar-refractivity contribution is 7.87. The van der Waals surface area contributed by atoms with Gasteiger partial charge in [-0.1, -0.05) is 18.2 Å². The van der Waals surface area contributed by atoms with Crippen LogP contribution in [0.1, 0.15) is 5.56 Å².